The predicted octanol–water partition coefficient (Wildman–Crippen LogP) is 2.49. The number of hydrogen-bond acceptors (Lipinski definition) is 2. The molecule has 0 saturated heterocycles. The Labute approximate surface area is 95.1 Å². The van der Waals surface area contributed by atoms with E-state index in [9.17, 15) is 4.39 Å². The molecule has 0 aromatic heterocycles. The van der Waals surface area contributed by atoms with E-state index < -0.39 is 20.5 Å². The van der Waals surface area contributed by atoms with Gasteiger partial charge in [-0.05, 0) is 18.1 Å². The van der Waals surface area contributed by atoms with Crippen LogP contribution in [0.3, 0.4) is 0 Å². The topological polar surface area (TPSA) is 18.5 Å². The predicted molar refractivity (Wildman–Crippen MR) is 64.6 cm³/mol. The smallest absolute Gasteiger partial charge is 0.192 e. The lowest BCUT2D eigenvalue weighted by molar-refractivity contribution is 0.0578. The summed E-state index contributed by atoms with van der Waals surface area (Å²) in [5, 5.41) is 0.0872. The minimum atomic E-state index is -1.88. The Morgan fingerprint density at radius 2 is 1.80 bits per heavy atom. The Bertz CT molecular complexity index is 194. The molecule has 0 heterocycles. The molecule has 0 bridgehead atoms. The van der Waals surface area contributed by atoms with Crippen molar-refractivity contribution in [2.45, 2.75) is 51.1 Å². The highest BCUT2D eigenvalue weighted by Gasteiger charge is 2.37. The fourth-order valence-electron chi connectivity index (χ4n) is 0.747. The van der Waals surface area contributed by atoms with Gasteiger partial charge in [-0.15, -0.1) is 0 Å². The summed E-state index contributed by atoms with van der Waals surface area (Å²) in [6.45, 7) is 10.5. The maximum absolute atomic E-state index is 13.4. The zero-order valence-corrected chi connectivity index (χ0v) is 11.6. The summed E-state index contributed by atoms with van der Waals surface area (Å²) in [4.78, 5) is 0. The molecule has 2 atom stereocenters. The molecule has 0 aromatic rings. The molecular weight excluding hydrogens is 210 g/mol. The van der Waals surface area contributed by atoms with Crippen LogP contribution in [-0.2, 0) is 9.16 Å². The molecule has 0 spiro atoms. The highest BCUT2D eigenvalue weighted by Crippen LogP contribution is 2.36. The Balaban J connectivity index is 4.16. The van der Waals surface area contributed by atoms with Crippen molar-refractivity contribution < 1.29 is 13.6 Å². The van der Waals surface area contributed by atoms with Crippen LogP contribution in [0.15, 0.2) is 0 Å². The summed E-state index contributed by atoms with van der Waals surface area (Å²) in [5.41, 5.74) is 0. The van der Waals surface area contributed by atoms with Crippen LogP contribution in [0, 0.1) is 0 Å². The van der Waals surface area contributed by atoms with Gasteiger partial charge in [0.25, 0.3) is 0 Å². The first-order chi connectivity index (χ1) is 6.62. The fraction of sp³-hybridized carbons (Fsp3) is 1.00. The van der Waals surface area contributed by atoms with Gasteiger partial charge in [0.05, 0.1) is 6.61 Å². The summed E-state index contributed by atoms with van der Waals surface area (Å²) in [6.07, 6.45) is -1.26. The van der Waals surface area contributed by atoms with Crippen LogP contribution >= 0.6 is 0 Å². The minimum Gasteiger partial charge on any atom is -0.414 e. The summed E-state index contributed by atoms with van der Waals surface area (Å²) in [6, 6.07) is -0.894. The molecule has 5 heteroatoms. The average molecular weight is 232 g/mol. The third kappa shape index (κ3) is 4.66. The van der Waals surface area contributed by atoms with Gasteiger partial charge < -0.3 is 9.16 Å². The molecule has 0 aliphatic rings. The van der Waals surface area contributed by atoms with E-state index in [1.165, 1.54) is 7.11 Å². The maximum atomic E-state index is 13.4. The second-order valence-electron chi connectivity index (χ2n) is 5.29. The van der Waals surface area contributed by atoms with E-state index >= 15 is 0 Å². The number of hydrogen-bond donors (Lipinski definition) is 0. The maximum Gasteiger partial charge on any atom is 0.192 e. The molecular formula is C10H22BFO2Si. The van der Waals surface area contributed by atoms with Crippen LogP contribution in [0.4, 0.5) is 4.39 Å². The highest BCUT2D eigenvalue weighted by atomic mass is 28.4. The van der Waals surface area contributed by atoms with Crippen molar-refractivity contribution in [3.63, 3.8) is 0 Å². The molecule has 0 amide bonds. The molecule has 2 nitrogen and oxygen atoms in total. The van der Waals surface area contributed by atoms with Crippen molar-refractivity contribution in [3.05, 3.63) is 0 Å². The van der Waals surface area contributed by atoms with E-state index in [-0.39, 0.29) is 11.6 Å². The molecule has 2 radical (unpaired) electrons. The van der Waals surface area contributed by atoms with Crippen molar-refractivity contribution in [1.29, 1.82) is 0 Å². The quantitative estimate of drug-likeness (QED) is 0.678. The standard InChI is InChI=1S/C10H22BFO2Si/c1-10(2,3)15(5,6)14-7-8(12)9(11)13-4/h8-9H,7H2,1-6H3/t8?,9-/m1/s1. The van der Waals surface area contributed by atoms with Crippen molar-refractivity contribution in [2.75, 3.05) is 13.7 Å². The molecule has 0 N–H and O–H groups in total. The Kier molecular flexibility index (Phi) is 5.51. The van der Waals surface area contributed by atoms with Crippen LogP contribution in [0.1, 0.15) is 20.8 Å². The number of alkyl halides is 1. The first kappa shape index (κ1) is 15.1. The van der Waals surface area contributed by atoms with Gasteiger partial charge in [-0.2, -0.15) is 0 Å². The van der Waals surface area contributed by atoms with Crippen molar-refractivity contribution in [1.82, 2.24) is 0 Å². The summed E-state index contributed by atoms with van der Waals surface area (Å²) in [7, 11) is 4.91. The lowest BCUT2D eigenvalue weighted by atomic mass is 9.96. The van der Waals surface area contributed by atoms with Gasteiger partial charge in [-0.3, -0.25) is 0 Å². The SMILES string of the molecule is [B][C@H](OC)C(F)CO[Si](C)(C)C(C)(C)C. The monoisotopic (exact) mass is 232 g/mol. The van der Waals surface area contributed by atoms with Crippen LogP contribution in [0.25, 0.3) is 0 Å². The minimum absolute atomic E-state index is 0.0193. The molecule has 0 aromatic carbocycles. The molecule has 0 saturated carbocycles. The van der Waals surface area contributed by atoms with Gasteiger partial charge in [0.1, 0.15) is 14.0 Å². The van der Waals surface area contributed by atoms with Gasteiger partial charge in [-0.25, -0.2) is 4.39 Å². The molecule has 0 aliphatic carbocycles. The van der Waals surface area contributed by atoms with Crippen molar-refractivity contribution in [2.24, 2.45) is 0 Å². The zero-order valence-electron chi connectivity index (χ0n) is 10.6. The third-order valence-corrected chi connectivity index (χ3v) is 7.54. The molecule has 15 heavy (non-hydrogen) atoms. The normalized spacial score (nSPS) is 17.5. The van der Waals surface area contributed by atoms with Gasteiger partial charge in [0, 0.05) is 13.1 Å². The second-order valence-corrected chi connectivity index (χ2v) is 10.1. The molecule has 88 valence electrons. The van der Waals surface area contributed by atoms with Gasteiger partial charge >= 0.3 is 0 Å². The Hall–Kier alpha value is 0.132. The van der Waals surface area contributed by atoms with Crippen LogP contribution in [0.5, 0.6) is 0 Å². The first-order valence-corrected chi connectivity index (χ1v) is 8.09. The summed E-state index contributed by atoms with van der Waals surface area (Å²) >= 11 is 0. The first-order valence-electron chi connectivity index (χ1n) is 5.18. The molecule has 0 fully saturated rings. The number of rotatable bonds is 5. The van der Waals surface area contributed by atoms with E-state index in [0.717, 1.165) is 0 Å². The second kappa shape index (κ2) is 5.46. The summed E-state index contributed by atoms with van der Waals surface area (Å²) < 4.78 is 23.7. The third-order valence-electron chi connectivity index (χ3n) is 3.04. The number of methoxy groups -OCH3 is 1. The molecule has 1 unspecified atom stereocenters. The Morgan fingerprint density at radius 1 is 1.33 bits per heavy atom. The highest BCUT2D eigenvalue weighted by molar-refractivity contribution is 6.74. The zero-order chi connectivity index (χ0) is 12.3. The van der Waals surface area contributed by atoms with E-state index in [2.05, 4.69) is 33.9 Å². The van der Waals surface area contributed by atoms with Gasteiger partial charge in [-0.1, -0.05) is 20.8 Å². The lowest BCUT2D eigenvalue weighted by Gasteiger charge is -2.36. The molecule has 0 aliphatic heterocycles. The van der Waals surface area contributed by atoms with Crippen molar-refractivity contribution >= 4 is 16.2 Å². The number of ether oxygens (including phenoxy) is 1. The van der Waals surface area contributed by atoms with Crippen LogP contribution in [-0.4, -0.2) is 42.1 Å². The van der Waals surface area contributed by atoms with E-state index in [1.54, 1.807) is 0 Å². The van der Waals surface area contributed by atoms with E-state index in [4.69, 9.17) is 17.0 Å². The van der Waals surface area contributed by atoms with Crippen molar-refractivity contribution in [3.8, 4) is 0 Å². The fourth-order valence-corrected chi connectivity index (χ4v) is 1.76. The largest absolute Gasteiger partial charge is 0.414 e. The van der Waals surface area contributed by atoms with E-state index in [1.807, 2.05) is 0 Å². The van der Waals surface area contributed by atoms with Gasteiger partial charge in [0.2, 0.25) is 0 Å². The Morgan fingerprint density at radius 3 is 2.13 bits per heavy atom. The average Bonchev–Trinajstić information content (AvgIpc) is 2.11. The number of halogens is 1. The summed E-state index contributed by atoms with van der Waals surface area (Å²) in [5.74, 6) is 0. The van der Waals surface area contributed by atoms with E-state index in [0.29, 0.717) is 0 Å². The van der Waals surface area contributed by atoms with Gasteiger partial charge in [0.15, 0.2) is 8.32 Å². The lowest BCUT2D eigenvalue weighted by Crippen LogP contribution is -2.43. The van der Waals surface area contributed by atoms with Crippen LogP contribution in [0.2, 0.25) is 18.1 Å². The van der Waals surface area contributed by atoms with Crippen LogP contribution < -0.4 is 0 Å². The molecule has 0 rings (SSSR count).